The smallest absolute Gasteiger partial charge is 0.253 e. The van der Waals surface area contributed by atoms with Gasteiger partial charge < -0.3 is 14.2 Å². The van der Waals surface area contributed by atoms with Gasteiger partial charge in [-0.15, -0.1) is 0 Å². The Morgan fingerprint density at radius 1 is 0.721 bits per heavy atom. The van der Waals surface area contributed by atoms with Crippen LogP contribution in [0.2, 0.25) is 0 Å². The number of furan rings is 1. The maximum absolute atomic E-state index is 6.53. The largest absolute Gasteiger partial charge is 0.456 e. The Labute approximate surface area is 252 Å². The van der Waals surface area contributed by atoms with Gasteiger partial charge in [0.2, 0.25) is 0 Å². The van der Waals surface area contributed by atoms with Crippen molar-refractivity contribution in [2.45, 2.75) is 57.4 Å². The Balaban J connectivity index is 1.40. The Morgan fingerprint density at radius 2 is 1.51 bits per heavy atom. The summed E-state index contributed by atoms with van der Waals surface area (Å²) in [5.41, 5.74) is 15.7. The van der Waals surface area contributed by atoms with Crippen LogP contribution in [-0.2, 0) is 5.41 Å². The minimum atomic E-state index is 0.0302. The molecule has 0 spiro atoms. The van der Waals surface area contributed by atoms with Crippen LogP contribution in [0.25, 0.3) is 21.9 Å². The van der Waals surface area contributed by atoms with Gasteiger partial charge in [0, 0.05) is 44.6 Å². The highest BCUT2D eigenvalue weighted by atomic mass is 16.3. The molecule has 0 saturated heterocycles. The zero-order valence-corrected chi connectivity index (χ0v) is 24.9. The molecule has 0 radical (unpaired) electrons. The van der Waals surface area contributed by atoms with Gasteiger partial charge in [-0.3, -0.25) is 0 Å². The summed E-state index contributed by atoms with van der Waals surface area (Å²) < 4.78 is 6.53. The third-order valence-electron chi connectivity index (χ3n) is 11.6. The maximum Gasteiger partial charge on any atom is 0.253 e. The number of hydrogen-bond donors (Lipinski definition) is 0. The molecular weight excluding hydrogens is 523 g/mol. The maximum atomic E-state index is 6.53. The molecule has 2 atom stereocenters. The lowest BCUT2D eigenvalue weighted by atomic mass is 9.33. The first-order chi connectivity index (χ1) is 21.0. The molecule has 4 heteroatoms. The van der Waals surface area contributed by atoms with Crippen LogP contribution >= 0.6 is 0 Å². The fourth-order valence-electron chi connectivity index (χ4n) is 9.58. The SMILES string of the molecule is Cc1cc2c3c(c1)N1c4c(cccc4C4(C)CCCCC14C)B3c1c(ccc3oc4ccccc4c13)N2c1ccccc1. The van der Waals surface area contributed by atoms with Crippen molar-refractivity contribution in [3.8, 4) is 0 Å². The molecular formula is C39H33BN2O. The van der Waals surface area contributed by atoms with Crippen molar-refractivity contribution < 1.29 is 4.42 Å². The van der Waals surface area contributed by atoms with Crippen LogP contribution in [0.4, 0.5) is 28.4 Å². The molecule has 208 valence electrons. The van der Waals surface area contributed by atoms with Gasteiger partial charge in [-0.25, -0.2) is 0 Å². The number of benzene rings is 5. The summed E-state index contributed by atoms with van der Waals surface area (Å²) in [6, 6.07) is 36.1. The van der Waals surface area contributed by atoms with Gasteiger partial charge in [0.05, 0.1) is 5.54 Å². The van der Waals surface area contributed by atoms with Crippen LogP contribution in [0, 0.1) is 6.92 Å². The molecule has 1 fully saturated rings. The Kier molecular flexibility index (Phi) is 4.44. The molecule has 0 amide bonds. The monoisotopic (exact) mass is 556 g/mol. The van der Waals surface area contributed by atoms with Crippen molar-refractivity contribution in [3.63, 3.8) is 0 Å². The van der Waals surface area contributed by atoms with Crippen molar-refractivity contribution in [1.29, 1.82) is 0 Å². The molecule has 6 aromatic rings. The van der Waals surface area contributed by atoms with Gasteiger partial charge >= 0.3 is 0 Å². The van der Waals surface area contributed by atoms with Gasteiger partial charge in [0.15, 0.2) is 0 Å². The molecule has 2 unspecified atom stereocenters. The summed E-state index contributed by atoms with van der Waals surface area (Å²) in [7, 11) is 0. The number of fused-ring (bicyclic) bond motifs is 11. The molecule has 1 aliphatic carbocycles. The van der Waals surface area contributed by atoms with Crippen LogP contribution in [0.15, 0.2) is 101 Å². The van der Waals surface area contributed by atoms with Crippen molar-refractivity contribution in [2.24, 2.45) is 0 Å². The minimum Gasteiger partial charge on any atom is -0.456 e. The van der Waals surface area contributed by atoms with Gasteiger partial charge in [-0.05, 0) is 96.7 Å². The fourth-order valence-corrected chi connectivity index (χ4v) is 9.58. The summed E-state index contributed by atoms with van der Waals surface area (Å²) in [5.74, 6) is 0. The minimum absolute atomic E-state index is 0.0302. The third-order valence-corrected chi connectivity index (χ3v) is 11.6. The predicted molar refractivity (Wildman–Crippen MR) is 181 cm³/mol. The van der Waals surface area contributed by atoms with Crippen LogP contribution in [0.1, 0.15) is 50.7 Å². The van der Waals surface area contributed by atoms with E-state index in [0.717, 1.165) is 11.2 Å². The molecule has 4 aliphatic rings. The number of rotatable bonds is 1. The van der Waals surface area contributed by atoms with E-state index in [4.69, 9.17) is 4.42 Å². The number of aryl methyl sites for hydroxylation is 1. The molecule has 43 heavy (non-hydrogen) atoms. The molecule has 0 N–H and O–H groups in total. The molecule has 3 nitrogen and oxygen atoms in total. The van der Waals surface area contributed by atoms with E-state index in [2.05, 4.69) is 128 Å². The Morgan fingerprint density at radius 3 is 2.40 bits per heavy atom. The summed E-state index contributed by atoms with van der Waals surface area (Å²) >= 11 is 0. The van der Waals surface area contributed by atoms with E-state index >= 15 is 0 Å². The lowest BCUT2D eigenvalue weighted by Crippen LogP contribution is -2.64. The third kappa shape index (κ3) is 2.75. The summed E-state index contributed by atoms with van der Waals surface area (Å²) in [6.45, 7) is 7.50. The lowest BCUT2D eigenvalue weighted by molar-refractivity contribution is 0.195. The topological polar surface area (TPSA) is 19.6 Å². The van der Waals surface area contributed by atoms with E-state index in [9.17, 15) is 0 Å². The fraction of sp³-hybridized carbons (Fsp3) is 0.231. The molecule has 1 aromatic heterocycles. The van der Waals surface area contributed by atoms with Crippen LogP contribution in [0.3, 0.4) is 0 Å². The number of nitrogens with zero attached hydrogens (tertiary/aromatic N) is 2. The van der Waals surface area contributed by atoms with Crippen molar-refractivity contribution in [3.05, 3.63) is 108 Å². The van der Waals surface area contributed by atoms with Crippen LogP contribution in [0.5, 0.6) is 0 Å². The first-order valence-electron chi connectivity index (χ1n) is 15.9. The lowest BCUT2D eigenvalue weighted by Gasteiger charge is -2.52. The number of anilines is 5. The quantitative estimate of drug-likeness (QED) is 0.190. The van der Waals surface area contributed by atoms with E-state index in [1.165, 1.54) is 92.4 Å². The summed E-state index contributed by atoms with van der Waals surface area (Å²) in [5, 5.41) is 2.44. The second kappa shape index (κ2) is 7.93. The Hall–Kier alpha value is -4.44. The molecule has 4 heterocycles. The van der Waals surface area contributed by atoms with Crippen molar-refractivity contribution in [1.82, 2.24) is 0 Å². The summed E-state index contributed by atoms with van der Waals surface area (Å²) in [6.07, 6.45) is 5.02. The van der Waals surface area contributed by atoms with E-state index in [0.29, 0.717) is 0 Å². The number of para-hydroxylation sites is 3. The molecule has 5 aromatic carbocycles. The zero-order valence-electron chi connectivity index (χ0n) is 24.9. The molecule has 10 rings (SSSR count). The van der Waals surface area contributed by atoms with Gasteiger partial charge in [-0.1, -0.05) is 74.4 Å². The average molecular weight is 557 g/mol. The highest BCUT2D eigenvalue weighted by Crippen LogP contribution is 2.61. The van der Waals surface area contributed by atoms with Gasteiger partial charge in [-0.2, -0.15) is 0 Å². The van der Waals surface area contributed by atoms with Gasteiger partial charge in [0.1, 0.15) is 11.2 Å². The molecule has 0 bridgehead atoms. The highest BCUT2D eigenvalue weighted by molar-refractivity contribution is 7.01. The molecule has 1 saturated carbocycles. The second-order valence-electron chi connectivity index (χ2n) is 13.7. The predicted octanol–water partition coefficient (Wildman–Crippen LogP) is 8.25. The van der Waals surface area contributed by atoms with Crippen molar-refractivity contribution in [2.75, 3.05) is 9.80 Å². The second-order valence-corrected chi connectivity index (χ2v) is 13.7. The van der Waals surface area contributed by atoms with E-state index < -0.39 is 0 Å². The first kappa shape index (κ1) is 24.1. The molecule has 3 aliphatic heterocycles. The van der Waals surface area contributed by atoms with Gasteiger partial charge in [0.25, 0.3) is 6.71 Å². The number of hydrogen-bond acceptors (Lipinski definition) is 3. The normalized spacial score (nSPS) is 22.9. The highest BCUT2D eigenvalue weighted by Gasteiger charge is 2.61. The summed E-state index contributed by atoms with van der Waals surface area (Å²) in [4.78, 5) is 5.33. The average Bonchev–Trinajstić information content (AvgIpc) is 3.50. The van der Waals surface area contributed by atoms with E-state index in [1.807, 2.05) is 0 Å². The van der Waals surface area contributed by atoms with E-state index in [-0.39, 0.29) is 17.7 Å². The van der Waals surface area contributed by atoms with Crippen LogP contribution < -0.4 is 26.2 Å². The first-order valence-corrected chi connectivity index (χ1v) is 15.9. The van der Waals surface area contributed by atoms with Crippen LogP contribution in [-0.4, -0.2) is 12.3 Å². The zero-order chi connectivity index (χ0) is 28.7. The van der Waals surface area contributed by atoms with E-state index in [1.54, 1.807) is 0 Å². The standard InChI is InChI=1S/C39H33BN2O/c1-24-22-30-35-31(23-24)42-37-27(38(2)20-9-10-21-39(38,42)3)15-11-16-28(37)40(35)36-29(41(30)25-12-5-4-6-13-25)18-19-33-34(36)26-14-7-8-17-32(26)43-33/h4-8,11-19,22-23H,9-10,20-21H2,1-3H3. The van der Waals surface area contributed by atoms with Crippen molar-refractivity contribution >= 4 is 73.5 Å². The Bertz CT molecular complexity index is 2170.